The van der Waals surface area contributed by atoms with E-state index < -0.39 is 0 Å². The van der Waals surface area contributed by atoms with Gasteiger partial charge in [-0.1, -0.05) is 12.8 Å². The molecule has 88 valence electrons. The predicted octanol–water partition coefficient (Wildman–Crippen LogP) is 3.33. The lowest BCUT2D eigenvalue weighted by molar-refractivity contribution is -0.131. The smallest absolute Gasteiger partial charge is 0.139 e. The first-order valence-electron chi connectivity index (χ1n) is 6.59. The SMILES string of the molecule is O=C1C[C@H]2C[C@@]13CCCC[C@H]3C21SCCS1. The van der Waals surface area contributed by atoms with Crippen molar-refractivity contribution in [2.45, 2.75) is 42.6 Å². The lowest BCUT2D eigenvalue weighted by Gasteiger charge is -2.46. The van der Waals surface area contributed by atoms with Gasteiger partial charge in [0.2, 0.25) is 0 Å². The summed E-state index contributed by atoms with van der Waals surface area (Å²) in [6.07, 6.45) is 7.39. The molecule has 3 saturated carbocycles. The highest BCUT2D eigenvalue weighted by Gasteiger charge is 2.70. The Morgan fingerprint density at radius 3 is 2.81 bits per heavy atom. The molecule has 0 N–H and O–H groups in total. The largest absolute Gasteiger partial charge is 0.299 e. The van der Waals surface area contributed by atoms with Gasteiger partial charge in [-0.15, -0.1) is 23.5 Å². The number of hydrogen-bond acceptors (Lipinski definition) is 3. The van der Waals surface area contributed by atoms with Crippen LogP contribution in [0.1, 0.15) is 38.5 Å². The fourth-order valence-corrected chi connectivity index (χ4v) is 8.94. The summed E-state index contributed by atoms with van der Waals surface area (Å²) in [5, 5.41) is 0. The summed E-state index contributed by atoms with van der Waals surface area (Å²) in [6.45, 7) is 0. The van der Waals surface area contributed by atoms with E-state index in [-0.39, 0.29) is 5.41 Å². The van der Waals surface area contributed by atoms with E-state index in [1.54, 1.807) is 0 Å². The van der Waals surface area contributed by atoms with Crippen LogP contribution in [0.3, 0.4) is 0 Å². The van der Waals surface area contributed by atoms with Gasteiger partial charge in [-0.05, 0) is 31.1 Å². The van der Waals surface area contributed by atoms with Gasteiger partial charge in [0, 0.05) is 23.3 Å². The minimum atomic E-state index is 0.160. The van der Waals surface area contributed by atoms with Crippen LogP contribution < -0.4 is 0 Å². The topological polar surface area (TPSA) is 17.1 Å². The molecule has 1 nitrogen and oxygen atoms in total. The van der Waals surface area contributed by atoms with E-state index in [0.717, 1.165) is 18.3 Å². The summed E-state index contributed by atoms with van der Waals surface area (Å²) < 4.78 is 0.480. The molecule has 0 aromatic rings. The van der Waals surface area contributed by atoms with Crippen molar-refractivity contribution in [1.82, 2.24) is 0 Å². The van der Waals surface area contributed by atoms with E-state index in [4.69, 9.17) is 0 Å². The predicted molar refractivity (Wildman–Crippen MR) is 69.8 cm³/mol. The van der Waals surface area contributed by atoms with Gasteiger partial charge < -0.3 is 0 Å². The van der Waals surface area contributed by atoms with Crippen molar-refractivity contribution in [2.75, 3.05) is 11.5 Å². The van der Waals surface area contributed by atoms with Crippen LogP contribution in [0.15, 0.2) is 0 Å². The molecule has 3 aliphatic carbocycles. The van der Waals surface area contributed by atoms with Gasteiger partial charge in [0.1, 0.15) is 5.78 Å². The fourth-order valence-electron chi connectivity index (χ4n) is 4.91. The zero-order chi connectivity index (χ0) is 10.8. The molecule has 0 radical (unpaired) electrons. The highest BCUT2D eigenvalue weighted by molar-refractivity contribution is 8.21. The van der Waals surface area contributed by atoms with Crippen LogP contribution in [-0.2, 0) is 4.79 Å². The minimum absolute atomic E-state index is 0.160. The zero-order valence-corrected chi connectivity index (χ0v) is 11.2. The molecule has 2 bridgehead atoms. The summed E-state index contributed by atoms with van der Waals surface area (Å²) in [5.74, 6) is 4.74. The third-order valence-electron chi connectivity index (χ3n) is 5.42. The Balaban J connectivity index is 1.81. The Morgan fingerprint density at radius 2 is 2.00 bits per heavy atom. The summed E-state index contributed by atoms with van der Waals surface area (Å²) >= 11 is 4.42. The molecule has 4 aliphatic rings. The van der Waals surface area contributed by atoms with Gasteiger partial charge in [-0.2, -0.15) is 0 Å². The third kappa shape index (κ3) is 1.01. The first-order valence-corrected chi connectivity index (χ1v) is 8.56. The summed E-state index contributed by atoms with van der Waals surface area (Å²) in [4.78, 5) is 12.3. The molecular weight excluding hydrogens is 236 g/mol. The molecule has 3 heteroatoms. The molecule has 1 saturated heterocycles. The average Bonchev–Trinajstić information content (AvgIpc) is 2.94. The monoisotopic (exact) mass is 254 g/mol. The number of ketones is 1. The molecule has 4 rings (SSSR count). The first-order chi connectivity index (χ1) is 7.78. The number of thioether (sulfide) groups is 2. The number of hydrogen-bond donors (Lipinski definition) is 0. The maximum absolute atomic E-state index is 12.3. The number of rotatable bonds is 0. The van der Waals surface area contributed by atoms with Gasteiger partial charge in [-0.25, -0.2) is 0 Å². The molecule has 4 fully saturated rings. The molecule has 2 spiro atoms. The molecule has 0 aromatic heterocycles. The van der Waals surface area contributed by atoms with Crippen molar-refractivity contribution in [3.63, 3.8) is 0 Å². The van der Waals surface area contributed by atoms with Crippen LogP contribution in [0.25, 0.3) is 0 Å². The van der Waals surface area contributed by atoms with Crippen molar-refractivity contribution < 1.29 is 4.79 Å². The van der Waals surface area contributed by atoms with Gasteiger partial charge in [-0.3, -0.25) is 4.79 Å². The molecule has 3 atom stereocenters. The molecule has 16 heavy (non-hydrogen) atoms. The first kappa shape index (κ1) is 10.3. The average molecular weight is 254 g/mol. The van der Waals surface area contributed by atoms with Crippen molar-refractivity contribution in [1.29, 1.82) is 0 Å². The third-order valence-corrected chi connectivity index (χ3v) is 9.34. The lowest BCUT2D eigenvalue weighted by Crippen LogP contribution is -2.46. The Bertz CT molecular complexity index is 348. The second kappa shape index (κ2) is 3.23. The van der Waals surface area contributed by atoms with Crippen LogP contribution in [0.2, 0.25) is 0 Å². The Labute approximate surface area is 106 Å². The maximum atomic E-state index is 12.3. The van der Waals surface area contributed by atoms with E-state index >= 15 is 0 Å². The standard InChI is InChI=1S/C13H18OS2/c14-11-7-9-8-12(11)4-2-1-3-10(12)13(9)15-5-6-16-13/h9-10H,1-8H2/t9-,10+,12+/m0/s1. The second-order valence-corrected chi connectivity index (χ2v) is 8.90. The van der Waals surface area contributed by atoms with E-state index in [1.807, 2.05) is 0 Å². The number of fused-ring (bicyclic) bond motifs is 3. The van der Waals surface area contributed by atoms with E-state index in [9.17, 15) is 4.79 Å². The molecule has 1 aliphatic heterocycles. The Kier molecular flexibility index (Phi) is 2.08. The molecular formula is C13H18OS2. The van der Waals surface area contributed by atoms with Crippen LogP contribution in [0, 0.1) is 17.3 Å². The molecule has 0 aromatic carbocycles. The quantitative estimate of drug-likeness (QED) is 0.660. The van der Waals surface area contributed by atoms with Crippen molar-refractivity contribution in [3.8, 4) is 0 Å². The van der Waals surface area contributed by atoms with Crippen LogP contribution in [0.4, 0.5) is 0 Å². The molecule has 0 unspecified atom stereocenters. The summed E-state index contributed by atoms with van der Waals surface area (Å²) in [7, 11) is 0. The van der Waals surface area contributed by atoms with Gasteiger partial charge in [0.25, 0.3) is 0 Å². The van der Waals surface area contributed by atoms with Crippen molar-refractivity contribution >= 4 is 29.3 Å². The summed E-state index contributed by atoms with van der Waals surface area (Å²) in [6, 6.07) is 0. The minimum Gasteiger partial charge on any atom is -0.299 e. The van der Waals surface area contributed by atoms with Gasteiger partial charge in [0.15, 0.2) is 0 Å². The highest BCUT2D eigenvalue weighted by atomic mass is 32.2. The van der Waals surface area contributed by atoms with E-state index in [2.05, 4.69) is 23.5 Å². The maximum Gasteiger partial charge on any atom is 0.139 e. The molecule has 1 heterocycles. The van der Waals surface area contributed by atoms with Crippen molar-refractivity contribution in [2.24, 2.45) is 17.3 Å². The number of Topliss-reactive ketones (excluding diaryl/α,β-unsaturated/α-hetero) is 1. The van der Waals surface area contributed by atoms with E-state index in [0.29, 0.717) is 9.86 Å². The highest BCUT2D eigenvalue weighted by Crippen LogP contribution is 2.74. The zero-order valence-electron chi connectivity index (χ0n) is 9.54. The van der Waals surface area contributed by atoms with Gasteiger partial charge in [0.05, 0.1) is 4.08 Å². The van der Waals surface area contributed by atoms with Gasteiger partial charge >= 0.3 is 0 Å². The van der Waals surface area contributed by atoms with E-state index in [1.165, 1.54) is 43.6 Å². The van der Waals surface area contributed by atoms with Crippen molar-refractivity contribution in [3.05, 3.63) is 0 Å². The summed E-state index contributed by atoms with van der Waals surface area (Å²) in [5.41, 5.74) is 0.160. The van der Waals surface area contributed by atoms with Crippen LogP contribution >= 0.6 is 23.5 Å². The Hall–Kier alpha value is 0.370. The Morgan fingerprint density at radius 1 is 1.19 bits per heavy atom. The van der Waals surface area contributed by atoms with Crippen LogP contribution in [0.5, 0.6) is 0 Å². The lowest BCUT2D eigenvalue weighted by atomic mass is 9.65. The number of carbonyl (C=O) groups excluding carboxylic acids is 1. The number of carbonyl (C=O) groups is 1. The second-order valence-electron chi connectivity index (χ2n) is 5.90. The fraction of sp³-hybridized carbons (Fsp3) is 0.923. The van der Waals surface area contributed by atoms with Crippen LogP contribution in [-0.4, -0.2) is 21.4 Å². The molecule has 0 amide bonds. The normalized spacial score (nSPS) is 48.9.